The van der Waals surface area contributed by atoms with Crippen molar-refractivity contribution in [3.8, 4) is 5.75 Å². The summed E-state index contributed by atoms with van der Waals surface area (Å²) in [6.45, 7) is 7.40. The van der Waals surface area contributed by atoms with Gasteiger partial charge in [0.2, 0.25) is 0 Å². The van der Waals surface area contributed by atoms with Crippen LogP contribution in [0.4, 0.5) is 0 Å². The highest BCUT2D eigenvalue weighted by Crippen LogP contribution is 2.19. The molecule has 0 fully saturated rings. The van der Waals surface area contributed by atoms with Gasteiger partial charge in [-0.05, 0) is 45.4 Å². The summed E-state index contributed by atoms with van der Waals surface area (Å²) >= 11 is 0. The van der Waals surface area contributed by atoms with Gasteiger partial charge in [-0.3, -0.25) is 9.48 Å². The number of benzene rings is 1. The Labute approximate surface area is 146 Å². The second kappa shape index (κ2) is 7.83. The molecule has 2 aromatic rings. The largest absolute Gasteiger partial charge is 0.482 e. The predicted molar refractivity (Wildman–Crippen MR) is 92.8 cm³/mol. The Hall–Kier alpha value is -2.83. The minimum absolute atomic E-state index is 0.178. The second-order valence-corrected chi connectivity index (χ2v) is 6.13. The van der Waals surface area contributed by atoms with Gasteiger partial charge in [0.05, 0.1) is 17.8 Å². The van der Waals surface area contributed by atoms with Crippen molar-refractivity contribution < 1.29 is 19.4 Å². The Bertz CT molecular complexity index is 750. The third kappa shape index (κ3) is 4.59. The van der Waals surface area contributed by atoms with Crippen LogP contribution in [0.25, 0.3) is 0 Å². The normalized spacial score (nSPS) is 12.0. The zero-order valence-corrected chi connectivity index (χ0v) is 14.8. The fourth-order valence-corrected chi connectivity index (χ4v) is 2.52. The summed E-state index contributed by atoms with van der Waals surface area (Å²) in [6, 6.07) is 6.95. The van der Waals surface area contributed by atoms with Gasteiger partial charge in [0, 0.05) is 11.7 Å². The van der Waals surface area contributed by atoms with E-state index in [-0.39, 0.29) is 24.6 Å². The van der Waals surface area contributed by atoms with E-state index >= 15 is 0 Å². The van der Waals surface area contributed by atoms with Gasteiger partial charge in [0.15, 0.2) is 6.61 Å². The van der Waals surface area contributed by atoms with E-state index in [9.17, 15) is 9.59 Å². The van der Waals surface area contributed by atoms with Crippen molar-refractivity contribution >= 4 is 11.9 Å². The molecule has 0 spiro atoms. The summed E-state index contributed by atoms with van der Waals surface area (Å²) < 4.78 is 6.91. The molecule has 134 valence electrons. The van der Waals surface area contributed by atoms with Gasteiger partial charge in [0.1, 0.15) is 5.75 Å². The van der Waals surface area contributed by atoms with Crippen LogP contribution in [-0.2, 0) is 4.79 Å². The fraction of sp³-hybridized carbons (Fsp3) is 0.389. The summed E-state index contributed by atoms with van der Waals surface area (Å²) in [7, 11) is 0. The first-order valence-corrected chi connectivity index (χ1v) is 8.09. The Morgan fingerprint density at radius 3 is 2.40 bits per heavy atom. The van der Waals surface area contributed by atoms with Crippen molar-refractivity contribution in [2.75, 3.05) is 6.61 Å². The molecule has 1 heterocycles. The first-order chi connectivity index (χ1) is 11.8. The Kier molecular flexibility index (Phi) is 5.80. The van der Waals surface area contributed by atoms with Crippen LogP contribution < -0.4 is 10.1 Å². The van der Waals surface area contributed by atoms with Gasteiger partial charge in [-0.2, -0.15) is 5.10 Å². The minimum atomic E-state index is -1.03. The van der Waals surface area contributed by atoms with Gasteiger partial charge in [-0.25, -0.2) is 4.79 Å². The molecule has 0 bridgehead atoms. The predicted octanol–water partition coefficient (Wildman–Crippen LogP) is 2.73. The monoisotopic (exact) mass is 345 g/mol. The number of hydrogen-bond donors (Lipinski definition) is 2. The average molecular weight is 345 g/mol. The summed E-state index contributed by atoms with van der Waals surface area (Å²) in [5.41, 5.74) is 2.28. The van der Waals surface area contributed by atoms with Crippen LogP contribution in [0, 0.1) is 6.92 Å². The minimum Gasteiger partial charge on any atom is -0.482 e. The van der Waals surface area contributed by atoms with Crippen LogP contribution in [0.3, 0.4) is 0 Å². The molecule has 1 amide bonds. The van der Waals surface area contributed by atoms with E-state index < -0.39 is 5.97 Å². The molecule has 2 rings (SSSR count). The number of aromatic nitrogens is 2. The number of ether oxygens (including phenoxy) is 1. The third-order valence-electron chi connectivity index (χ3n) is 3.87. The van der Waals surface area contributed by atoms with Gasteiger partial charge in [0.25, 0.3) is 5.91 Å². The summed E-state index contributed by atoms with van der Waals surface area (Å²) in [5.74, 6) is -0.733. The van der Waals surface area contributed by atoms with Crippen LogP contribution in [0.1, 0.15) is 54.5 Å². The molecular formula is C18H23N3O4. The zero-order chi connectivity index (χ0) is 18.6. The first-order valence-electron chi connectivity index (χ1n) is 8.09. The van der Waals surface area contributed by atoms with E-state index in [4.69, 9.17) is 9.84 Å². The lowest BCUT2D eigenvalue weighted by atomic mass is 10.1. The van der Waals surface area contributed by atoms with Gasteiger partial charge < -0.3 is 15.2 Å². The zero-order valence-electron chi connectivity index (χ0n) is 14.8. The molecule has 0 aliphatic carbocycles. The summed E-state index contributed by atoms with van der Waals surface area (Å²) in [6.07, 6.45) is 1.58. The van der Waals surface area contributed by atoms with Crippen molar-refractivity contribution in [1.29, 1.82) is 0 Å². The van der Waals surface area contributed by atoms with Crippen molar-refractivity contribution in [3.63, 3.8) is 0 Å². The number of carboxylic acid groups (broad SMARTS) is 1. The number of aliphatic carboxylic acids is 1. The molecule has 7 nitrogen and oxygen atoms in total. The number of rotatable bonds is 7. The molecule has 7 heteroatoms. The Balaban J connectivity index is 2.02. The molecular weight excluding hydrogens is 322 g/mol. The quantitative estimate of drug-likeness (QED) is 0.805. The maximum Gasteiger partial charge on any atom is 0.341 e. The average Bonchev–Trinajstić information content (AvgIpc) is 2.95. The highest BCUT2D eigenvalue weighted by atomic mass is 16.5. The van der Waals surface area contributed by atoms with E-state index in [1.54, 1.807) is 30.5 Å². The maximum absolute atomic E-state index is 12.5. The molecule has 0 aliphatic heterocycles. The van der Waals surface area contributed by atoms with Gasteiger partial charge >= 0.3 is 5.97 Å². The first kappa shape index (κ1) is 18.5. The number of nitrogens with one attached hydrogen (secondary N) is 1. The van der Waals surface area contributed by atoms with Crippen molar-refractivity contribution in [2.45, 2.75) is 39.8 Å². The van der Waals surface area contributed by atoms with Crippen LogP contribution in [0.15, 0.2) is 30.5 Å². The second-order valence-electron chi connectivity index (χ2n) is 6.13. The lowest BCUT2D eigenvalue weighted by Crippen LogP contribution is -2.27. The molecule has 25 heavy (non-hydrogen) atoms. The molecule has 0 saturated carbocycles. The fourth-order valence-electron chi connectivity index (χ4n) is 2.52. The van der Waals surface area contributed by atoms with Crippen LogP contribution in [-0.4, -0.2) is 33.4 Å². The third-order valence-corrected chi connectivity index (χ3v) is 3.87. The Morgan fingerprint density at radius 1 is 1.24 bits per heavy atom. The highest BCUT2D eigenvalue weighted by Gasteiger charge is 2.18. The van der Waals surface area contributed by atoms with E-state index in [1.165, 1.54) is 0 Å². The maximum atomic E-state index is 12.5. The van der Waals surface area contributed by atoms with Gasteiger partial charge in [-0.15, -0.1) is 0 Å². The number of carboxylic acids is 1. The van der Waals surface area contributed by atoms with Gasteiger partial charge in [-0.1, -0.05) is 12.1 Å². The molecule has 1 aromatic carbocycles. The molecule has 1 unspecified atom stereocenters. The molecule has 0 radical (unpaired) electrons. The standard InChI is InChI=1S/C18H23N3O4/c1-11(2)21-13(4)16(9-19-21)18(24)20-12(3)14-5-7-15(8-6-14)25-10-17(22)23/h5-9,11-12H,10H2,1-4H3,(H,20,24)(H,22,23). The van der Waals surface area contributed by atoms with E-state index in [1.807, 2.05) is 32.4 Å². The molecule has 0 saturated heterocycles. The number of carbonyl (C=O) groups is 2. The van der Waals surface area contributed by atoms with E-state index in [0.29, 0.717) is 11.3 Å². The summed E-state index contributed by atoms with van der Waals surface area (Å²) in [4.78, 5) is 23.0. The van der Waals surface area contributed by atoms with Crippen LogP contribution >= 0.6 is 0 Å². The summed E-state index contributed by atoms with van der Waals surface area (Å²) in [5, 5.41) is 15.8. The smallest absolute Gasteiger partial charge is 0.341 e. The molecule has 1 atom stereocenters. The lowest BCUT2D eigenvalue weighted by Gasteiger charge is -2.15. The Morgan fingerprint density at radius 2 is 1.88 bits per heavy atom. The SMILES string of the molecule is Cc1c(C(=O)NC(C)c2ccc(OCC(=O)O)cc2)cnn1C(C)C. The van der Waals surface area contributed by atoms with Crippen molar-refractivity contribution in [1.82, 2.24) is 15.1 Å². The number of nitrogens with zero attached hydrogens (tertiary/aromatic N) is 2. The van der Waals surface area contributed by atoms with Crippen molar-refractivity contribution in [2.24, 2.45) is 0 Å². The van der Waals surface area contributed by atoms with E-state index in [0.717, 1.165) is 11.3 Å². The molecule has 1 aromatic heterocycles. The molecule has 2 N–H and O–H groups in total. The highest BCUT2D eigenvalue weighted by molar-refractivity contribution is 5.95. The lowest BCUT2D eigenvalue weighted by molar-refractivity contribution is -0.139. The van der Waals surface area contributed by atoms with Crippen LogP contribution in [0.5, 0.6) is 5.75 Å². The number of hydrogen-bond acceptors (Lipinski definition) is 4. The van der Waals surface area contributed by atoms with E-state index in [2.05, 4.69) is 10.4 Å². The van der Waals surface area contributed by atoms with Crippen LogP contribution in [0.2, 0.25) is 0 Å². The topological polar surface area (TPSA) is 93.4 Å². The molecule has 0 aliphatic rings. The number of amides is 1. The van der Waals surface area contributed by atoms with Crippen molar-refractivity contribution in [3.05, 3.63) is 47.3 Å². The number of carbonyl (C=O) groups excluding carboxylic acids is 1.